The van der Waals surface area contributed by atoms with Crippen molar-refractivity contribution in [3.63, 3.8) is 0 Å². The van der Waals surface area contributed by atoms with Crippen LogP contribution in [0.25, 0.3) is 10.8 Å². The molecule has 1 amide bonds. The minimum atomic E-state index is -0.407. The van der Waals surface area contributed by atoms with Crippen LogP contribution in [0.1, 0.15) is 12.5 Å². The van der Waals surface area contributed by atoms with Crippen LogP contribution in [0.3, 0.4) is 0 Å². The van der Waals surface area contributed by atoms with Gasteiger partial charge in [0, 0.05) is 61.5 Å². The lowest BCUT2D eigenvalue weighted by Gasteiger charge is -2.34. The Hall–Kier alpha value is -3.65. The van der Waals surface area contributed by atoms with E-state index in [0.717, 1.165) is 37.6 Å². The van der Waals surface area contributed by atoms with Gasteiger partial charge < -0.3 is 20.2 Å². The van der Waals surface area contributed by atoms with Gasteiger partial charge in [0.2, 0.25) is 11.8 Å². The van der Waals surface area contributed by atoms with E-state index < -0.39 is 5.56 Å². The molecular weight excluding hydrogens is 394 g/mol. The van der Waals surface area contributed by atoms with Crippen molar-refractivity contribution in [1.29, 1.82) is 0 Å². The van der Waals surface area contributed by atoms with E-state index >= 15 is 0 Å². The highest BCUT2D eigenvalue weighted by molar-refractivity contribution is 6.04. The molecule has 2 heterocycles. The normalized spacial score (nSPS) is 15.0. The van der Waals surface area contributed by atoms with Crippen LogP contribution in [0.2, 0.25) is 0 Å². The van der Waals surface area contributed by atoms with E-state index in [4.69, 9.17) is 0 Å². The molecule has 0 aliphatic carbocycles. The third kappa shape index (κ3) is 4.59. The molecule has 0 unspecified atom stereocenters. The van der Waals surface area contributed by atoms with Crippen molar-refractivity contribution in [2.24, 2.45) is 4.99 Å². The van der Waals surface area contributed by atoms with E-state index in [2.05, 4.69) is 32.1 Å². The first kappa shape index (κ1) is 20.6. The number of pyridine rings is 1. The maximum atomic E-state index is 12.2. The number of hydrogen-bond acceptors (Lipinski definition) is 6. The highest BCUT2D eigenvalue weighted by atomic mass is 16.3. The van der Waals surface area contributed by atoms with Crippen LogP contribution in [0, 0.1) is 0 Å². The number of benzene rings is 2. The number of aromatic hydroxyl groups is 1. The molecule has 160 valence electrons. The second-order valence-electron chi connectivity index (χ2n) is 7.72. The summed E-state index contributed by atoms with van der Waals surface area (Å²) in [7, 11) is 2.13. The largest absolute Gasteiger partial charge is 0.494 e. The van der Waals surface area contributed by atoms with Gasteiger partial charge in [-0.2, -0.15) is 0 Å². The SMILES string of the molecule is CC(=O)Nc1ccc2c(=O)[nH]c(O)c(C=Nc3ccc(N4CCN(C)CC4)cc3)c2c1. The van der Waals surface area contributed by atoms with E-state index in [1.54, 1.807) is 18.2 Å². The van der Waals surface area contributed by atoms with Gasteiger partial charge in [0.05, 0.1) is 11.3 Å². The summed E-state index contributed by atoms with van der Waals surface area (Å²) in [5, 5.41) is 13.9. The second-order valence-corrected chi connectivity index (χ2v) is 7.72. The van der Waals surface area contributed by atoms with E-state index in [1.807, 2.05) is 24.3 Å². The molecule has 3 aromatic rings. The monoisotopic (exact) mass is 419 g/mol. The maximum Gasteiger partial charge on any atom is 0.258 e. The van der Waals surface area contributed by atoms with Crippen LogP contribution in [0.4, 0.5) is 17.1 Å². The molecule has 31 heavy (non-hydrogen) atoms. The molecule has 8 heteroatoms. The van der Waals surface area contributed by atoms with E-state index in [-0.39, 0.29) is 11.8 Å². The second kappa shape index (κ2) is 8.61. The summed E-state index contributed by atoms with van der Waals surface area (Å²) in [6, 6.07) is 12.9. The van der Waals surface area contributed by atoms with Gasteiger partial charge in [-0.25, -0.2) is 0 Å². The van der Waals surface area contributed by atoms with Crippen LogP contribution < -0.4 is 15.8 Å². The number of rotatable bonds is 4. The number of aromatic amines is 1. The van der Waals surface area contributed by atoms with Gasteiger partial charge in [0.15, 0.2) is 0 Å². The molecule has 8 nitrogen and oxygen atoms in total. The Morgan fingerprint density at radius 3 is 2.48 bits per heavy atom. The number of fused-ring (bicyclic) bond motifs is 1. The molecule has 1 aliphatic heterocycles. The zero-order chi connectivity index (χ0) is 22.0. The Kier molecular flexibility index (Phi) is 5.73. The maximum absolute atomic E-state index is 12.2. The van der Waals surface area contributed by atoms with Crippen LogP contribution in [-0.2, 0) is 4.79 Å². The van der Waals surface area contributed by atoms with Crippen molar-refractivity contribution >= 4 is 40.0 Å². The number of carbonyl (C=O) groups excluding carboxylic acids is 1. The number of H-pyrrole nitrogens is 1. The molecule has 1 fully saturated rings. The number of anilines is 2. The Morgan fingerprint density at radius 2 is 1.81 bits per heavy atom. The van der Waals surface area contributed by atoms with Crippen molar-refractivity contribution in [1.82, 2.24) is 9.88 Å². The standard InChI is InChI=1S/C23H25N5O3/c1-15(29)25-17-5-8-19-20(13-17)21(23(31)26-22(19)30)14-24-16-3-6-18(7-4-16)28-11-9-27(2)10-12-28/h3-8,13-14H,9-12H2,1-2H3,(H,25,29)(H2,26,30,31). The van der Waals surface area contributed by atoms with Crippen molar-refractivity contribution in [3.8, 4) is 5.88 Å². The third-order valence-electron chi connectivity index (χ3n) is 5.42. The molecular formula is C23H25N5O3. The Bertz CT molecular complexity index is 1190. The molecule has 0 saturated carbocycles. The topological polar surface area (TPSA) is 101 Å². The van der Waals surface area contributed by atoms with Crippen molar-refractivity contribution < 1.29 is 9.90 Å². The predicted octanol–water partition coefficient (Wildman–Crippen LogP) is 2.69. The Morgan fingerprint density at radius 1 is 1.10 bits per heavy atom. The van der Waals surface area contributed by atoms with Crippen LogP contribution >= 0.6 is 0 Å². The minimum absolute atomic E-state index is 0.218. The molecule has 2 aromatic carbocycles. The minimum Gasteiger partial charge on any atom is -0.494 e. The van der Waals surface area contributed by atoms with Gasteiger partial charge in [0.25, 0.3) is 5.56 Å². The molecule has 1 aliphatic rings. The van der Waals surface area contributed by atoms with Gasteiger partial charge in [-0.05, 0) is 49.5 Å². The summed E-state index contributed by atoms with van der Waals surface area (Å²) >= 11 is 0. The number of carbonyl (C=O) groups is 1. The Labute approximate surface area is 179 Å². The highest BCUT2D eigenvalue weighted by Crippen LogP contribution is 2.26. The number of aromatic nitrogens is 1. The average Bonchev–Trinajstić information content (AvgIpc) is 2.74. The number of hydrogen-bond donors (Lipinski definition) is 3. The first-order chi connectivity index (χ1) is 14.9. The lowest BCUT2D eigenvalue weighted by Crippen LogP contribution is -2.44. The number of nitrogens with one attached hydrogen (secondary N) is 2. The molecule has 3 N–H and O–H groups in total. The number of aliphatic imine (C=N–C) groups is 1. The number of amides is 1. The number of nitrogens with zero attached hydrogens (tertiary/aromatic N) is 3. The number of piperazine rings is 1. The molecule has 0 atom stereocenters. The van der Waals surface area contributed by atoms with Crippen LogP contribution in [-0.4, -0.2) is 60.3 Å². The molecule has 4 rings (SSSR count). The van der Waals surface area contributed by atoms with Crippen molar-refractivity contribution in [3.05, 3.63) is 58.4 Å². The van der Waals surface area contributed by atoms with Gasteiger partial charge in [0.1, 0.15) is 0 Å². The summed E-state index contributed by atoms with van der Waals surface area (Å²) in [6.45, 7) is 5.48. The molecule has 1 aromatic heterocycles. The van der Waals surface area contributed by atoms with E-state index in [9.17, 15) is 14.7 Å². The summed E-state index contributed by atoms with van der Waals surface area (Å²) in [4.78, 5) is 35.2. The smallest absolute Gasteiger partial charge is 0.258 e. The van der Waals surface area contributed by atoms with Gasteiger partial charge in [-0.15, -0.1) is 0 Å². The third-order valence-corrected chi connectivity index (χ3v) is 5.42. The first-order valence-electron chi connectivity index (χ1n) is 10.1. The lowest BCUT2D eigenvalue weighted by molar-refractivity contribution is -0.114. The van der Waals surface area contributed by atoms with Crippen molar-refractivity contribution in [2.75, 3.05) is 43.4 Å². The predicted molar refractivity (Wildman–Crippen MR) is 124 cm³/mol. The first-order valence-corrected chi connectivity index (χ1v) is 10.1. The van der Waals surface area contributed by atoms with Crippen molar-refractivity contribution in [2.45, 2.75) is 6.92 Å². The summed E-state index contributed by atoms with van der Waals surface area (Å²) < 4.78 is 0. The summed E-state index contributed by atoms with van der Waals surface area (Å²) in [6.07, 6.45) is 1.52. The fourth-order valence-electron chi connectivity index (χ4n) is 3.70. The summed E-state index contributed by atoms with van der Waals surface area (Å²) in [5.41, 5.74) is 2.40. The van der Waals surface area contributed by atoms with Crippen LogP contribution in [0.15, 0.2) is 52.3 Å². The molecule has 1 saturated heterocycles. The highest BCUT2D eigenvalue weighted by Gasteiger charge is 2.14. The van der Waals surface area contributed by atoms with E-state index in [0.29, 0.717) is 22.0 Å². The fourth-order valence-corrected chi connectivity index (χ4v) is 3.70. The lowest BCUT2D eigenvalue weighted by atomic mass is 10.1. The van der Waals surface area contributed by atoms with Crippen LogP contribution in [0.5, 0.6) is 5.88 Å². The zero-order valence-electron chi connectivity index (χ0n) is 17.6. The summed E-state index contributed by atoms with van der Waals surface area (Å²) in [5.74, 6) is -0.487. The molecule has 0 bridgehead atoms. The quantitative estimate of drug-likeness (QED) is 0.565. The fraction of sp³-hybridized carbons (Fsp3) is 0.261. The van der Waals surface area contributed by atoms with Gasteiger partial charge >= 0.3 is 0 Å². The Balaban J connectivity index is 1.63. The number of likely N-dealkylation sites (N-methyl/N-ethyl adjacent to an activating group) is 1. The molecule has 0 radical (unpaired) electrons. The van der Waals surface area contributed by atoms with Gasteiger partial charge in [-0.3, -0.25) is 19.6 Å². The average molecular weight is 419 g/mol. The molecule has 0 spiro atoms. The van der Waals surface area contributed by atoms with Gasteiger partial charge in [-0.1, -0.05) is 0 Å². The zero-order valence-corrected chi connectivity index (χ0v) is 17.6. The van der Waals surface area contributed by atoms with E-state index in [1.165, 1.54) is 13.1 Å².